The van der Waals surface area contributed by atoms with Crippen molar-refractivity contribution in [3.05, 3.63) is 0 Å². The minimum Gasteiger partial charge on any atom is -0.394 e. The third-order valence-electron chi connectivity index (χ3n) is 1.96. The first-order valence-electron chi connectivity index (χ1n) is 5.26. The second-order valence-electron chi connectivity index (χ2n) is 3.19. The van der Waals surface area contributed by atoms with E-state index in [4.69, 9.17) is 10.2 Å². The summed E-state index contributed by atoms with van der Waals surface area (Å²) < 4.78 is 2.59. The molecule has 0 fully saturated rings. The molecular weight excluding hydrogens is 258 g/mol. The highest BCUT2D eigenvalue weighted by Gasteiger charge is 2.05. The Kier molecular flexibility index (Phi) is 4.35. The number of nitrogens with zero attached hydrogens (tertiary/aromatic N) is 10. The van der Waals surface area contributed by atoms with Crippen LogP contribution in [0.4, 0.5) is 11.9 Å². The molecule has 0 unspecified atom stereocenters. The number of hydrogen-bond donors (Lipinski definition) is 3. The Morgan fingerprint density at radius 2 is 1.68 bits per heavy atom. The van der Waals surface area contributed by atoms with E-state index in [0.717, 1.165) is 0 Å². The van der Waals surface area contributed by atoms with Crippen LogP contribution in [0.15, 0.2) is 10.3 Å². The maximum Gasteiger partial charge on any atom is 0.289 e. The van der Waals surface area contributed by atoms with Crippen LogP contribution in [-0.4, -0.2) is 63.8 Å². The molecule has 0 aliphatic carbocycles. The van der Waals surface area contributed by atoms with E-state index in [9.17, 15) is 0 Å². The third kappa shape index (κ3) is 3.23. The van der Waals surface area contributed by atoms with Crippen LogP contribution >= 0.6 is 0 Å². The average Bonchev–Trinajstić information content (AvgIpc) is 3.01. The highest BCUT2D eigenvalue weighted by Crippen LogP contribution is 2.06. The van der Waals surface area contributed by atoms with Crippen LogP contribution in [0.25, 0.3) is 0 Å². The molecule has 0 aliphatic heterocycles. The van der Waals surface area contributed by atoms with E-state index in [-0.39, 0.29) is 38.2 Å². The van der Waals surface area contributed by atoms with Gasteiger partial charge in [0.2, 0.25) is 0 Å². The van der Waals surface area contributed by atoms with Crippen LogP contribution in [-0.2, 0) is 13.1 Å². The monoisotopic (exact) mass is 269 g/mol. The van der Waals surface area contributed by atoms with Crippen molar-refractivity contribution in [1.82, 2.24) is 40.4 Å². The molecule has 102 valence electrons. The Labute approximate surface area is 105 Å². The maximum absolute atomic E-state index is 8.78. The van der Waals surface area contributed by atoms with Crippen LogP contribution in [0.2, 0.25) is 0 Å². The van der Waals surface area contributed by atoms with E-state index < -0.39 is 0 Å². The van der Waals surface area contributed by atoms with Crippen molar-refractivity contribution >= 4 is 11.9 Å². The molecule has 0 atom stereocenters. The van der Waals surface area contributed by atoms with Crippen molar-refractivity contribution < 1.29 is 10.2 Å². The predicted molar refractivity (Wildman–Crippen MR) is 57.9 cm³/mol. The van der Waals surface area contributed by atoms with Gasteiger partial charge in [0.05, 0.1) is 26.3 Å². The largest absolute Gasteiger partial charge is 0.394 e. The molecule has 13 heteroatoms. The van der Waals surface area contributed by atoms with E-state index in [1.807, 2.05) is 0 Å². The molecule has 13 nitrogen and oxygen atoms in total. The van der Waals surface area contributed by atoms with Crippen molar-refractivity contribution in [3.63, 3.8) is 0 Å². The van der Waals surface area contributed by atoms with Gasteiger partial charge in [0.15, 0.2) is 0 Å². The van der Waals surface area contributed by atoms with Crippen molar-refractivity contribution in [2.75, 3.05) is 18.6 Å². The fourth-order valence-corrected chi connectivity index (χ4v) is 1.16. The van der Waals surface area contributed by atoms with Gasteiger partial charge < -0.3 is 10.2 Å². The Balaban J connectivity index is 1.99. The summed E-state index contributed by atoms with van der Waals surface area (Å²) in [5, 5.41) is 46.2. The Bertz CT molecular complexity index is 533. The summed E-state index contributed by atoms with van der Waals surface area (Å²) in [6, 6.07) is 0. The van der Waals surface area contributed by atoms with Gasteiger partial charge >= 0.3 is 0 Å². The van der Waals surface area contributed by atoms with E-state index in [0.29, 0.717) is 0 Å². The van der Waals surface area contributed by atoms with Gasteiger partial charge in [0.25, 0.3) is 11.9 Å². The number of aliphatic hydroxyl groups is 2. The molecule has 0 aromatic carbocycles. The summed E-state index contributed by atoms with van der Waals surface area (Å²) in [6.45, 7) is 0.220. The predicted octanol–water partition coefficient (Wildman–Crippen LogP) is -2.24. The van der Waals surface area contributed by atoms with Crippen molar-refractivity contribution in [3.8, 4) is 0 Å². The Morgan fingerprint density at radius 1 is 1.00 bits per heavy atom. The fraction of sp³-hybridized carbons (Fsp3) is 0.667. The zero-order valence-electron chi connectivity index (χ0n) is 9.69. The molecule has 3 N–H and O–H groups in total. The van der Waals surface area contributed by atoms with E-state index in [1.54, 1.807) is 0 Å². The first kappa shape index (κ1) is 12.9. The molecule has 0 spiro atoms. The molecule has 2 rings (SSSR count). The minimum atomic E-state index is -0.115. The van der Waals surface area contributed by atoms with E-state index in [2.05, 4.69) is 46.8 Å². The zero-order chi connectivity index (χ0) is 13.5. The van der Waals surface area contributed by atoms with Crippen molar-refractivity contribution in [1.29, 1.82) is 0 Å². The summed E-state index contributed by atoms with van der Waals surface area (Å²) in [4.78, 5) is 0. The van der Waals surface area contributed by atoms with Gasteiger partial charge in [-0.05, 0) is 20.9 Å². The van der Waals surface area contributed by atoms with Gasteiger partial charge in [-0.1, -0.05) is 20.5 Å². The molecule has 2 heterocycles. The van der Waals surface area contributed by atoms with Gasteiger partial charge in [-0.25, -0.2) is 14.8 Å². The van der Waals surface area contributed by atoms with Crippen LogP contribution in [0.1, 0.15) is 0 Å². The number of aromatic nitrogens is 8. The SMILES string of the molecule is OCCn1nnnc1N=NNc1nnnn1CCO. The van der Waals surface area contributed by atoms with Crippen LogP contribution < -0.4 is 5.43 Å². The molecule has 2 aromatic heterocycles. The molecule has 0 saturated heterocycles. The average molecular weight is 269 g/mol. The summed E-state index contributed by atoms with van der Waals surface area (Å²) in [6.07, 6.45) is 0. The van der Waals surface area contributed by atoms with E-state index >= 15 is 0 Å². The summed E-state index contributed by atoms with van der Waals surface area (Å²) in [5.41, 5.74) is 2.49. The molecule has 0 saturated carbocycles. The molecule has 0 radical (unpaired) electrons. The molecule has 0 bridgehead atoms. The standard InChI is InChI=1S/C6H11N11O2/c18-3-1-16-5(9-12-14-16)7-11-8-6-10-13-15-17(6)2-4-19/h18-19H,1-4H2,(H,7,8,9,10,14,15). The van der Waals surface area contributed by atoms with Gasteiger partial charge in [-0.15, -0.1) is 0 Å². The van der Waals surface area contributed by atoms with Crippen molar-refractivity contribution in [2.24, 2.45) is 10.3 Å². The van der Waals surface area contributed by atoms with Crippen LogP contribution in [0.5, 0.6) is 0 Å². The number of nitrogens with one attached hydrogen (secondary N) is 1. The highest BCUT2D eigenvalue weighted by molar-refractivity contribution is 5.19. The molecule has 19 heavy (non-hydrogen) atoms. The van der Waals surface area contributed by atoms with Gasteiger partial charge in [-0.2, -0.15) is 0 Å². The lowest BCUT2D eigenvalue weighted by molar-refractivity contribution is 0.268. The summed E-state index contributed by atoms with van der Waals surface area (Å²) in [5.74, 6) is 0.349. The normalized spacial score (nSPS) is 11.3. The number of tetrazole rings is 2. The Morgan fingerprint density at radius 3 is 2.47 bits per heavy atom. The lowest BCUT2D eigenvalue weighted by Crippen LogP contribution is -2.08. The smallest absolute Gasteiger partial charge is 0.289 e. The summed E-state index contributed by atoms with van der Waals surface area (Å²) in [7, 11) is 0. The summed E-state index contributed by atoms with van der Waals surface area (Å²) >= 11 is 0. The zero-order valence-corrected chi connectivity index (χ0v) is 9.69. The maximum atomic E-state index is 8.78. The molecule has 0 amide bonds. The fourth-order valence-electron chi connectivity index (χ4n) is 1.16. The van der Waals surface area contributed by atoms with Gasteiger partial charge in [-0.3, -0.25) is 0 Å². The number of hydrogen-bond acceptors (Lipinski definition) is 10. The number of aliphatic hydroxyl groups excluding tert-OH is 2. The second-order valence-corrected chi connectivity index (χ2v) is 3.19. The lowest BCUT2D eigenvalue weighted by Gasteiger charge is -1.99. The van der Waals surface area contributed by atoms with Gasteiger partial charge in [0.1, 0.15) is 0 Å². The van der Waals surface area contributed by atoms with Crippen molar-refractivity contribution in [2.45, 2.75) is 13.1 Å². The molecular formula is C6H11N11O2. The molecule has 0 aliphatic rings. The van der Waals surface area contributed by atoms with E-state index in [1.165, 1.54) is 9.36 Å². The first-order chi connectivity index (χ1) is 9.35. The van der Waals surface area contributed by atoms with Gasteiger partial charge in [0, 0.05) is 0 Å². The third-order valence-corrected chi connectivity index (χ3v) is 1.96. The molecule has 2 aromatic rings. The number of rotatable bonds is 7. The van der Waals surface area contributed by atoms with Crippen LogP contribution in [0.3, 0.4) is 0 Å². The topological polar surface area (TPSA) is 164 Å². The minimum absolute atomic E-state index is 0.106. The number of anilines is 1. The first-order valence-corrected chi connectivity index (χ1v) is 5.26. The Hall–Kier alpha value is -2.54. The second kappa shape index (κ2) is 6.41. The van der Waals surface area contributed by atoms with Crippen LogP contribution in [0, 0.1) is 0 Å². The highest BCUT2D eigenvalue weighted by atomic mass is 16.3. The quantitative estimate of drug-likeness (QED) is 0.372. The lowest BCUT2D eigenvalue weighted by atomic mass is 10.7.